The van der Waals surface area contributed by atoms with Crippen molar-refractivity contribution in [1.82, 2.24) is 9.55 Å². The molecule has 0 saturated carbocycles. The maximum Gasteiger partial charge on any atom is 0.494 e. The van der Waals surface area contributed by atoms with Gasteiger partial charge in [0.15, 0.2) is 5.58 Å². The molecule has 0 atom stereocenters. The van der Waals surface area contributed by atoms with Crippen LogP contribution in [0.3, 0.4) is 0 Å². The summed E-state index contributed by atoms with van der Waals surface area (Å²) >= 11 is 0. The lowest BCUT2D eigenvalue weighted by molar-refractivity contribution is 0.00578. The summed E-state index contributed by atoms with van der Waals surface area (Å²) in [5, 5.41) is 2.27. The summed E-state index contributed by atoms with van der Waals surface area (Å²) < 4.78 is 21.3. The maximum atomic E-state index is 6.35. The average Bonchev–Trinajstić information content (AvgIpc) is 3.65. The molecule has 0 amide bonds. The Morgan fingerprint density at radius 1 is 0.605 bits per heavy atom. The molecule has 5 nitrogen and oxygen atoms in total. The Bertz CT molecular complexity index is 2130. The van der Waals surface area contributed by atoms with Gasteiger partial charge in [0.2, 0.25) is 5.89 Å². The Labute approximate surface area is 250 Å². The summed E-state index contributed by atoms with van der Waals surface area (Å²) in [4.78, 5) is 4.87. The van der Waals surface area contributed by atoms with Crippen LogP contribution in [0, 0.1) is 0 Å². The lowest BCUT2D eigenvalue weighted by Crippen LogP contribution is -2.41. The minimum Gasteiger partial charge on any atom is -0.436 e. The summed E-state index contributed by atoms with van der Waals surface area (Å²) in [6.45, 7) is 8.34. The number of nitrogens with zero attached hydrogens (tertiary/aromatic N) is 2. The first kappa shape index (κ1) is 26.0. The van der Waals surface area contributed by atoms with E-state index in [2.05, 4.69) is 111 Å². The zero-order chi connectivity index (χ0) is 29.3. The van der Waals surface area contributed by atoms with Gasteiger partial charge in [-0.2, -0.15) is 0 Å². The summed E-state index contributed by atoms with van der Waals surface area (Å²) in [7, 11) is -0.410. The number of para-hydroxylation sites is 1. The predicted octanol–water partition coefficient (Wildman–Crippen LogP) is 8.56. The van der Waals surface area contributed by atoms with Crippen LogP contribution in [-0.2, 0) is 9.31 Å². The molecule has 210 valence electrons. The Hall–Kier alpha value is -4.65. The molecule has 6 heteroatoms. The van der Waals surface area contributed by atoms with Gasteiger partial charge in [0.05, 0.1) is 22.2 Å². The topological polar surface area (TPSA) is 49.4 Å². The molecule has 3 heterocycles. The van der Waals surface area contributed by atoms with Gasteiger partial charge in [0, 0.05) is 22.0 Å². The predicted molar refractivity (Wildman–Crippen MR) is 175 cm³/mol. The van der Waals surface area contributed by atoms with Gasteiger partial charge >= 0.3 is 7.12 Å². The molecule has 43 heavy (non-hydrogen) atoms. The third-order valence-corrected chi connectivity index (χ3v) is 9.05. The highest BCUT2D eigenvalue weighted by Crippen LogP contribution is 2.39. The molecule has 2 aromatic heterocycles. The molecule has 0 aliphatic carbocycles. The Kier molecular flexibility index (Phi) is 5.71. The fourth-order valence-corrected chi connectivity index (χ4v) is 6.02. The first-order chi connectivity index (χ1) is 20.8. The highest BCUT2D eigenvalue weighted by atomic mass is 16.7. The van der Waals surface area contributed by atoms with Crippen LogP contribution in [-0.4, -0.2) is 27.9 Å². The molecule has 0 radical (unpaired) electrons. The molecule has 5 aromatic carbocycles. The maximum absolute atomic E-state index is 6.35. The lowest BCUT2D eigenvalue weighted by atomic mass is 9.78. The van der Waals surface area contributed by atoms with Gasteiger partial charge in [-0.25, -0.2) is 4.98 Å². The van der Waals surface area contributed by atoms with Gasteiger partial charge < -0.3 is 18.3 Å². The van der Waals surface area contributed by atoms with E-state index in [4.69, 9.17) is 18.7 Å². The molecule has 1 aliphatic rings. The van der Waals surface area contributed by atoms with Gasteiger partial charge in [-0.05, 0) is 92.8 Å². The van der Waals surface area contributed by atoms with Gasteiger partial charge in [0.1, 0.15) is 5.52 Å². The van der Waals surface area contributed by atoms with Gasteiger partial charge in [0.25, 0.3) is 0 Å². The molecule has 0 N–H and O–H groups in total. The van der Waals surface area contributed by atoms with Crippen LogP contribution in [0.4, 0.5) is 0 Å². The van der Waals surface area contributed by atoms with Crippen LogP contribution < -0.4 is 5.46 Å². The second-order valence-electron chi connectivity index (χ2n) is 12.3. The number of rotatable bonds is 4. The fraction of sp³-hybridized carbons (Fsp3) is 0.162. The first-order valence-corrected chi connectivity index (χ1v) is 14.7. The normalized spacial score (nSPS) is 16.0. The molecule has 0 unspecified atom stereocenters. The second-order valence-corrected chi connectivity index (χ2v) is 12.3. The monoisotopic (exact) mass is 562 g/mol. The van der Waals surface area contributed by atoms with Crippen molar-refractivity contribution in [2.75, 3.05) is 0 Å². The van der Waals surface area contributed by atoms with E-state index in [1.165, 1.54) is 0 Å². The minimum absolute atomic E-state index is 0.391. The molecule has 1 aliphatic heterocycles. The van der Waals surface area contributed by atoms with E-state index >= 15 is 0 Å². The standard InChI is InChI=1S/C37H31BN2O3/c1-36(2)37(3,4)43-38(42-36)27-15-11-14-25(20-27)26-18-19-32-29(21-26)30-22-34-31(39-35(41-34)24-12-7-5-8-13-24)23-33(30)40(32)28-16-9-6-10-17-28/h5-23H,1-4H3. The summed E-state index contributed by atoms with van der Waals surface area (Å²) in [6.07, 6.45) is 0. The van der Waals surface area contributed by atoms with Crippen molar-refractivity contribution in [1.29, 1.82) is 0 Å². The molecule has 0 bridgehead atoms. The number of fused-ring (bicyclic) bond motifs is 4. The molecule has 1 saturated heterocycles. The minimum atomic E-state index is -0.410. The van der Waals surface area contributed by atoms with Gasteiger partial charge in [-0.15, -0.1) is 0 Å². The molecule has 0 spiro atoms. The van der Waals surface area contributed by atoms with Crippen LogP contribution in [0.2, 0.25) is 0 Å². The third-order valence-electron chi connectivity index (χ3n) is 9.05. The van der Waals surface area contributed by atoms with Gasteiger partial charge in [-0.1, -0.05) is 66.7 Å². The van der Waals surface area contributed by atoms with Crippen LogP contribution in [0.1, 0.15) is 27.7 Å². The van der Waals surface area contributed by atoms with E-state index in [0.717, 1.165) is 60.7 Å². The van der Waals surface area contributed by atoms with E-state index in [9.17, 15) is 0 Å². The summed E-state index contributed by atoms with van der Waals surface area (Å²) in [6, 6.07) is 40.0. The molecular weight excluding hydrogens is 531 g/mol. The Morgan fingerprint density at radius 3 is 2.00 bits per heavy atom. The number of aromatic nitrogens is 2. The van der Waals surface area contributed by atoms with E-state index in [0.29, 0.717) is 5.89 Å². The Morgan fingerprint density at radius 2 is 1.26 bits per heavy atom. The van der Waals surface area contributed by atoms with Crippen LogP contribution in [0.5, 0.6) is 0 Å². The van der Waals surface area contributed by atoms with E-state index in [-0.39, 0.29) is 0 Å². The second kappa shape index (κ2) is 9.43. The summed E-state index contributed by atoms with van der Waals surface area (Å²) in [5.41, 5.74) is 8.35. The SMILES string of the molecule is CC1(C)OB(c2cccc(-c3ccc4c(c3)c3cc5oc(-c6ccccc6)nc5cc3n4-c3ccccc3)c2)OC1(C)C. The van der Waals surface area contributed by atoms with E-state index in [1.807, 2.05) is 36.4 Å². The molecular formula is C37H31BN2O3. The van der Waals surface area contributed by atoms with Crippen molar-refractivity contribution in [3.05, 3.63) is 115 Å². The Balaban J connectivity index is 1.30. The van der Waals surface area contributed by atoms with Crippen molar-refractivity contribution in [3.8, 4) is 28.3 Å². The van der Waals surface area contributed by atoms with E-state index in [1.54, 1.807) is 0 Å². The number of oxazole rings is 1. The number of benzene rings is 5. The fourth-order valence-electron chi connectivity index (χ4n) is 6.02. The first-order valence-electron chi connectivity index (χ1n) is 14.7. The number of hydrogen-bond donors (Lipinski definition) is 0. The van der Waals surface area contributed by atoms with Crippen molar-refractivity contribution in [2.45, 2.75) is 38.9 Å². The smallest absolute Gasteiger partial charge is 0.436 e. The van der Waals surface area contributed by atoms with Crippen molar-refractivity contribution < 1.29 is 13.7 Å². The zero-order valence-corrected chi connectivity index (χ0v) is 24.7. The van der Waals surface area contributed by atoms with Crippen LogP contribution in [0.25, 0.3) is 61.2 Å². The highest BCUT2D eigenvalue weighted by Gasteiger charge is 2.51. The largest absolute Gasteiger partial charge is 0.494 e. The molecule has 8 rings (SSSR count). The quantitative estimate of drug-likeness (QED) is 0.202. The van der Waals surface area contributed by atoms with Crippen LogP contribution in [0.15, 0.2) is 120 Å². The third kappa shape index (κ3) is 4.21. The summed E-state index contributed by atoms with van der Waals surface area (Å²) in [5.74, 6) is 0.624. The number of hydrogen-bond acceptors (Lipinski definition) is 4. The molecule has 1 fully saturated rings. The lowest BCUT2D eigenvalue weighted by Gasteiger charge is -2.32. The van der Waals surface area contributed by atoms with Crippen molar-refractivity contribution in [2.24, 2.45) is 0 Å². The van der Waals surface area contributed by atoms with Crippen molar-refractivity contribution >= 4 is 45.5 Å². The average molecular weight is 562 g/mol. The van der Waals surface area contributed by atoms with E-state index < -0.39 is 18.3 Å². The van der Waals surface area contributed by atoms with Crippen molar-refractivity contribution in [3.63, 3.8) is 0 Å². The van der Waals surface area contributed by atoms with Crippen LogP contribution >= 0.6 is 0 Å². The highest BCUT2D eigenvalue weighted by molar-refractivity contribution is 6.62. The van der Waals surface area contributed by atoms with Gasteiger partial charge in [-0.3, -0.25) is 0 Å². The zero-order valence-electron chi connectivity index (χ0n) is 24.7. The molecule has 7 aromatic rings.